The minimum Gasteiger partial charge on any atom is -0.309 e. The van der Waals surface area contributed by atoms with Crippen molar-refractivity contribution in [2.75, 3.05) is 39.8 Å². The molecule has 3 nitrogen and oxygen atoms in total. The third kappa shape index (κ3) is 3.19. The Kier molecular flexibility index (Phi) is 3.88. The van der Waals surface area contributed by atoms with E-state index in [1.54, 1.807) is 0 Å². The first-order valence-electron chi connectivity index (χ1n) is 6.74. The predicted octanol–water partition coefficient (Wildman–Crippen LogP) is 1.15. The molecule has 0 aliphatic carbocycles. The molecule has 0 spiro atoms. The molecule has 3 heteroatoms. The van der Waals surface area contributed by atoms with Crippen molar-refractivity contribution < 1.29 is 0 Å². The summed E-state index contributed by atoms with van der Waals surface area (Å²) >= 11 is 0. The molecule has 0 bridgehead atoms. The molecule has 0 radical (unpaired) electrons. The normalized spacial score (nSPS) is 32.8. The molecular weight excluding hydrogens is 198 g/mol. The molecule has 1 N–H and O–H groups in total. The molecule has 0 aromatic rings. The summed E-state index contributed by atoms with van der Waals surface area (Å²) in [6.07, 6.45) is 4.20. The summed E-state index contributed by atoms with van der Waals surface area (Å²) in [5, 5.41) is 3.58. The average molecular weight is 225 g/mol. The number of nitrogens with zero attached hydrogens (tertiary/aromatic N) is 2. The number of hydrogen-bond acceptors (Lipinski definition) is 3. The third-order valence-electron chi connectivity index (χ3n) is 4.04. The van der Waals surface area contributed by atoms with E-state index in [9.17, 15) is 0 Å². The van der Waals surface area contributed by atoms with Crippen LogP contribution < -0.4 is 5.32 Å². The number of nitrogens with one attached hydrogen (secondary N) is 1. The summed E-state index contributed by atoms with van der Waals surface area (Å²) in [5.74, 6) is 0. The molecule has 2 saturated heterocycles. The van der Waals surface area contributed by atoms with Gasteiger partial charge in [-0.05, 0) is 40.3 Å². The Morgan fingerprint density at radius 2 is 2.06 bits per heavy atom. The summed E-state index contributed by atoms with van der Waals surface area (Å²) in [7, 11) is 2.29. The Balaban J connectivity index is 1.84. The summed E-state index contributed by atoms with van der Waals surface area (Å²) in [5.41, 5.74) is 0.297. The second-order valence-corrected chi connectivity index (χ2v) is 6.18. The Labute approximate surface area is 100 Å². The van der Waals surface area contributed by atoms with Crippen molar-refractivity contribution in [3.63, 3.8) is 0 Å². The Bertz CT molecular complexity index is 227. The van der Waals surface area contributed by atoms with Gasteiger partial charge in [-0.3, -0.25) is 4.90 Å². The Morgan fingerprint density at radius 3 is 2.75 bits per heavy atom. The standard InChI is InChI=1S/C13H27N3/c1-13(2)11-16(9-7-14-13)10-12-6-4-5-8-15(12)3/h12,14H,4-11H2,1-3H3. The van der Waals surface area contributed by atoms with Crippen LogP contribution in [0.15, 0.2) is 0 Å². The molecule has 0 saturated carbocycles. The van der Waals surface area contributed by atoms with Gasteiger partial charge in [-0.15, -0.1) is 0 Å². The number of rotatable bonds is 2. The van der Waals surface area contributed by atoms with Crippen LogP contribution in [0.1, 0.15) is 33.1 Å². The van der Waals surface area contributed by atoms with E-state index in [1.165, 1.54) is 45.4 Å². The van der Waals surface area contributed by atoms with Crippen molar-refractivity contribution in [3.8, 4) is 0 Å². The van der Waals surface area contributed by atoms with Crippen LogP contribution in [-0.2, 0) is 0 Å². The van der Waals surface area contributed by atoms with Crippen molar-refractivity contribution in [2.45, 2.75) is 44.7 Å². The number of piperidine rings is 1. The van der Waals surface area contributed by atoms with Crippen molar-refractivity contribution in [1.29, 1.82) is 0 Å². The van der Waals surface area contributed by atoms with Gasteiger partial charge in [-0.1, -0.05) is 6.42 Å². The van der Waals surface area contributed by atoms with E-state index in [-0.39, 0.29) is 0 Å². The molecule has 2 fully saturated rings. The van der Waals surface area contributed by atoms with Crippen molar-refractivity contribution in [3.05, 3.63) is 0 Å². The molecule has 1 unspecified atom stereocenters. The topological polar surface area (TPSA) is 18.5 Å². The van der Waals surface area contributed by atoms with Crippen LogP contribution in [-0.4, -0.2) is 61.2 Å². The maximum absolute atomic E-state index is 3.58. The lowest BCUT2D eigenvalue weighted by atomic mass is 9.99. The first kappa shape index (κ1) is 12.3. The van der Waals surface area contributed by atoms with E-state index in [0.29, 0.717) is 5.54 Å². The predicted molar refractivity (Wildman–Crippen MR) is 68.8 cm³/mol. The van der Waals surface area contributed by atoms with Gasteiger partial charge in [-0.2, -0.15) is 0 Å². The van der Waals surface area contributed by atoms with Crippen LogP contribution >= 0.6 is 0 Å². The van der Waals surface area contributed by atoms with Crippen LogP contribution in [0.3, 0.4) is 0 Å². The van der Waals surface area contributed by atoms with Gasteiger partial charge in [0, 0.05) is 37.8 Å². The quantitative estimate of drug-likeness (QED) is 0.761. The summed E-state index contributed by atoms with van der Waals surface area (Å²) < 4.78 is 0. The second-order valence-electron chi connectivity index (χ2n) is 6.18. The minimum absolute atomic E-state index is 0.297. The molecule has 2 aliphatic heterocycles. The third-order valence-corrected chi connectivity index (χ3v) is 4.04. The minimum atomic E-state index is 0.297. The zero-order valence-electron chi connectivity index (χ0n) is 11.1. The average Bonchev–Trinajstić information content (AvgIpc) is 2.20. The zero-order chi connectivity index (χ0) is 11.6. The fourth-order valence-corrected chi connectivity index (χ4v) is 3.08. The number of likely N-dealkylation sites (tertiary alicyclic amines) is 1. The zero-order valence-corrected chi connectivity index (χ0v) is 11.1. The van der Waals surface area contributed by atoms with Crippen molar-refractivity contribution in [1.82, 2.24) is 15.1 Å². The monoisotopic (exact) mass is 225 g/mol. The Hall–Kier alpha value is -0.120. The van der Waals surface area contributed by atoms with Gasteiger partial charge in [0.1, 0.15) is 0 Å². The van der Waals surface area contributed by atoms with Crippen LogP contribution in [0.5, 0.6) is 0 Å². The maximum Gasteiger partial charge on any atom is 0.0252 e. The van der Waals surface area contributed by atoms with Gasteiger partial charge in [0.2, 0.25) is 0 Å². The van der Waals surface area contributed by atoms with Crippen LogP contribution in [0.2, 0.25) is 0 Å². The van der Waals surface area contributed by atoms with E-state index in [1.807, 2.05) is 0 Å². The molecule has 2 heterocycles. The van der Waals surface area contributed by atoms with E-state index in [4.69, 9.17) is 0 Å². The Morgan fingerprint density at radius 1 is 1.25 bits per heavy atom. The number of likely N-dealkylation sites (N-methyl/N-ethyl adjacent to an activating group) is 1. The van der Waals surface area contributed by atoms with Gasteiger partial charge in [0.25, 0.3) is 0 Å². The lowest BCUT2D eigenvalue weighted by Crippen LogP contribution is -2.59. The smallest absolute Gasteiger partial charge is 0.0252 e. The summed E-state index contributed by atoms with van der Waals surface area (Å²) in [6, 6.07) is 0.794. The van der Waals surface area contributed by atoms with Gasteiger partial charge < -0.3 is 10.2 Å². The maximum atomic E-state index is 3.58. The highest BCUT2D eigenvalue weighted by Crippen LogP contribution is 2.18. The molecule has 1 atom stereocenters. The van der Waals surface area contributed by atoms with Crippen LogP contribution in [0.4, 0.5) is 0 Å². The number of piperazine rings is 1. The van der Waals surface area contributed by atoms with E-state index < -0.39 is 0 Å². The molecular formula is C13H27N3. The van der Waals surface area contributed by atoms with Gasteiger partial charge in [0.15, 0.2) is 0 Å². The number of hydrogen-bond donors (Lipinski definition) is 1. The fraction of sp³-hybridized carbons (Fsp3) is 1.00. The lowest BCUT2D eigenvalue weighted by Gasteiger charge is -2.43. The molecule has 94 valence electrons. The van der Waals surface area contributed by atoms with Gasteiger partial charge in [0.05, 0.1) is 0 Å². The van der Waals surface area contributed by atoms with Gasteiger partial charge >= 0.3 is 0 Å². The second kappa shape index (κ2) is 5.03. The van der Waals surface area contributed by atoms with Crippen LogP contribution in [0, 0.1) is 0 Å². The van der Waals surface area contributed by atoms with E-state index in [0.717, 1.165) is 12.6 Å². The molecule has 0 aromatic heterocycles. The fourth-order valence-electron chi connectivity index (χ4n) is 3.08. The molecule has 16 heavy (non-hydrogen) atoms. The van der Waals surface area contributed by atoms with Crippen molar-refractivity contribution in [2.24, 2.45) is 0 Å². The highest BCUT2D eigenvalue weighted by Gasteiger charge is 2.28. The summed E-state index contributed by atoms with van der Waals surface area (Å²) in [6.45, 7) is 10.7. The first-order valence-corrected chi connectivity index (χ1v) is 6.74. The lowest BCUT2D eigenvalue weighted by molar-refractivity contribution is 0.0914. The molecule has 2 rings (SSSR count). The van der Waals surface area contributed by atoms with E-state index >= 15 is 0 Å². The van der Waals surface area contributed by atoms with E-state index in [2.05, 4.69) is 36.0 Å². The molecule has 2 aliphatic rings. The summed E-state index contributed by atoms with van der Waals surface area (Å²) in [4.78, 5) is 5.20. The largest absolute Gasteiger partial charge is 0.309 e. The SMILES string of the molecule is CN1CCCCC1CN1CCNC(C)(C)C1. The highest BCUT2D eigenvalue weighted by molar-refractivity contribution is 4.89. The first-order chi connectivity index (χ1) is 7.57. The molecule has 0 amide bonds. The highest BCUT2D eigenvalue weighted by atomic mass is 15.3. The van der Waals surface area contributed by atoms with Gasteiger partial charge in [-0.25, -0.2) is 0 Å². The molecule has 0 aromatic carbocycles. The van der Waals surface area contributed by atoms with Crippen LogP contribution in [0.25, 0.3) is 0 Å². The van der Waals surface area contributed by atoms with Crippen molar-refractivity contribution >= 4 is 0 Å².